The molecule has 1 heterocycles. The Morgan fingerprint density at radius 3 is 2.39 bits per heavy atom. The number of non-ortho nitro benzene ring substituents is 1. The summed E-state index contributed by atoms with van der Waals surface area (Å²) in [5, 5.41) is 11.3. The number of rotatable bonds is 7. The zero-order valence-electron chi connectivity index (χ0n) is 14.7. The van der Waals surface area contributed by atoms with E-state index in [0.717, 1.165) is 5.69 Å². The highest BCUT2D eigenvalue weighted by Gasteiger charge is 2.18. The predicted molar refractivity (Wildman–Crippen MR) is 105 cm³/mol. The number of nitro benzene ring substituents is 1. The average Bonchev–Trinajstić information content (AvgIpc) is 2.72. The molecule has 3 aromatic rings. The van der Waals surface area contributed by atoms with Crippen molar-refractivity contribution < 1.29 is 14.5 Å². The molecule has 0 aliphatic carbocycles. The van der Waals surface area contributed by atoms with Crippen LogP contribution in [-0.4, -0.2) is 22.4 Å². The summed E-state index contributed by atoms with van der Waals surface area (Å²) in [5.41, 5.74) is 1.34. The van der Waals surface area contributed by atoms with Gasteiger partial charge in [0.25, 0.3) is 11.6 Å². The Morgan fingerprint density at radius 2 is 1.79 bits per heavy atom. The van der Waals surface area contributed by atoms with Crippen molar-refractivity contribution in [1.82, 2.24) is 4.98 Å². The van der Waals surface area contributed by atoms with Crippen LogP contribution in [0.4, 0.5) is 11.4 Å². The maximum atomic E-state index is 12.8. The van der Waals surface area contributed by atoms with Crippen LogP contribution in [0.1, 0.15) is 5.69 Å². The van der Waals surface area contributed by atoms with Crippen LogP contribution in [0.2, 0.25) is 5.02 Å². The Balaban J connectivity index is 1.74. The number of benzene rings is 2. The highest BCUT2D eigenvalue weighted by molar-refractivity contribution is 6.30. The van der Waals surface area contributed by atoms with E-state index >= 15 is 0 Å². The van der Waals surface area contributed by atoms with Crippen molar-refractivity contribution in [3.05, 3.63) is 93.8 Å². The topological polar surface area (TPSA) is 85.6 Å². The highest BCUT2D eigenvalue weighted by atomic mass is 35.5. The molecule has 0 atom stereocenters. The van der Waals surface area contributed by atoms with Gasteiger partial charge < -0.3 is 9.64 Å². The summed E-state index contributed by atoms with van der Waals surface area (Å²) < 4.78 is 5.51. The first-order valence-electron chi connectivity index (χ1n) is 8.36. The summed E-state index contributed by atoms with van der Waals surface area (Å²) in [7, 11) is 0. The molecule has 0 aliphatic heterocycles. The van der Waals surface area contributed by atoms with E-state index in [1.165, 1.54) is 24.3 Å². The third-order valence-electron chi connectivity index (χ3n) is 3.90. The van der Waals surface area contributed by atoms with E-state index in [1.807, 2.05) is 12.1 Å². The molecule has 0 unspecified atom stereocenters. The van der Waals surface area contributed by atoms with Gasteiger partial charge in [-0.3, -0.25) is 19.9 Å². The van der Waals surface area contributed by atoms with Crippen LogP contribution in [0.5, 0.6) is 5.75 Å². The summed E-state index contributed by atoms with van der Waals surface area (Å²) in [6.07, 6.45) is 1.66. The van der Waals surface area contributed by atoms with Gasteiger partial charge in [0.2, 0.25) is 0 Å². The lowest BCUT2D eigenvalue weighted by Gasteiger charge is -2.22. The molecule has 3 rings (SSSR count). The first-order chi connectivity index (χ1) is 13.5. The molecule has 7 nitrogen and oxygen atoms in total. The molecule has 0 fully saturated rings. The molecule has 0 saturated heterocycles. The van der Waals surface area contributed by atoms with Gasteiger partial charge in [0.1, 0.15) is 5.75 Å². The van der Waals surface area contributed by atoms with Crippen molar-refractivity contribution in [2.45, 2.75) is 6.54 Å². The van der Waals surface area contributed by atoms with Crippen molar-refractivity contribution in [3.8, 4) is 5.75 Å². The highest BCUT2D eigenvalue weighted by Crippen LogP contribution is 2.21. The van der Waals surface area contributed by atoms with E-state index in [9.17, 15) is 14.9 Å². The number of nitro groups is 1. The number of carbonyl (C=O) groups is 1. The Labute approximate surface area is 166 Å². The number of nitrogens with zero attached hydrogens (tertiary/aromatic N) is 3. The van der Waals surface area contributed by atoms with Crippen LogP contribution in [-0.2, 0) is 11.3 Å². The Kier molecular flexibility index (Phi) is 6.18. The number of amides is 1. The van der Waals surface area contributed by atoms with E-state index in [-0.39, 0.29) is 24.7 Å². The van der Waals surface area contributed by atoms with Crippen LogP contribution in [0.15, 0.2) is 72.9 Å². The Bertz CT molecular complexity index is 947. The second kappa shape index (κ2) is 8.96. The second-order valence-corrected chi connectivity index (χ2v) is 6.25. The first kappa shape index (κ1) is 19.3. The van der Waals surface area contributed by atoms with Crippen LogP contribution >= 0.6 is 11.6 Å². The lowest BCUT2D eigenvalue weighted by atomic mass is 10.2. The number of carbonyl (C=O) groups excluding carboxylic acids is 1. The van der Waals surface area contributed by atoms with Crippen LogP contribution in [0.3, 0.4) is 0 Å². The molecule has 0 N–H and O–H groups in total. The second-order valence-electron chi connectivity index (χ2n) is 5.82. The number of hydrogen-bond donors (Lipinski definition) is 0. The van der Waals surface area contributed by atoms with Crippen molar-refractivity contribution in [2.24, 2.45) is 0 Å². The zero-order valence-corrected chi connectivity index (χ0v) is 15.5. The first-order valence-corrected chi connectivity index (χ1v) is 8.74. The smallest absolute Gasteiger partial charge is 0.269 e. The number of halogens is 1. The monoisotopic (exact) mass is 397 g/mol. The normalized spacial score (nSPS) is 10.3. The van der Waals surface area contributed by atoms with Crippen molar-refractivity contribution in [1.29, 1.82) is 0 Å². The fourth-order valence-corrected chi connectivity index (χ4v) is 2.61. The van der Waals surface area contributed by atoms with Crippen molar-refractivity contribution in [3.63, 3.8) is 0 Å². The lowest BCUT2D eigenvalue weighted by Crippen LogP contribution is -2.34. The fourth-order valence-electron chi connectivity index (χ4n) is 2.49. The summed E-state index contributed by atoms with van der Waals surface area (Å²) in [6.45, 7) is 0.0399. The molecule has 28 heavy (non-hydrogen) atoms. The molecule has 142 valence electrons. The van der Waals surface area contributed by atoms with Crippen molar-refractivity contribution >= 4 is 28.9 Å². The fraction of sp³-hybridized carbons (Fsp3) is 0.100. The van der Waals surface area contributed by atoms with E-state index in [4.69, 9.17) is 16.3 Å². The van der Waals surface area contributed by atoms with Crippen LogP contribution < -0.4 is 9.64 Å². The number of ether oxygens (including phenoxy) is 1. The third kappa shape index (κ3) is 5.05. The quantitative estimate of drug-likeness (QED) is 0.439. The minimum Gasteiger partial charge on any atom is -0.484 e. The maximum Gasteiger partial charge on any atom is 0.269 e. The summed E-state index contributed by atoms with van der Waals surface area (Å²) in [5.74, 6) is 0.0826. The molecule has 0 radical (unpaired) electrons. The van der Waals surface area contributed by atoms with Gasteiger partial charge >= 0.3 is 0 Å². The number of aromatic nitrogens is 1. The number of hydrogen-bond acceptors (Lipinski definition) is 5. The van der Waals surface area contributed by atoms with Gasteiger partial charge in [0, 0.05) is 29.0 Å². The van der Waals surface area contributed by atoms with Crippen LogP contribution in [0.25, 0.3) is 0 Å². The Morgan fingerprint density at radius 1 is 1.07 bits per heavy atom. The van der Waals surface area contributed by atoms with E-state index in [2.05, 4.69) is 4.98 Å². The van der Waals surface area contributed by atoms with Gasteiger partial charge in [-0.2, -0.15) is 0 Å². The van der Waals surface area contributed by atoms with E-state index < -0.39 is 4.92 Å². The van der Waals surface area contributed by atoms with Gasteiger partial charge in [0.15, 0.2) is 6.61 Å². The van der Waals surface area contributed by atoms with Gasteiger partial charge in [-0.15, -0.1) is 0 Å². The molecule has 2 aromatic carbocycles. The average molecular weight is 398 g/mol. The lowest BCUT2D eigenvalue weighted by molar-refractivity contribution is -0.384. The van der Waals surface area contributed by atoms with Crippen molar-refractivity contribution in [2.75, 3.05) is 11.5 Å². The molecule has 1 amide bonds. The zero-order chi connectivity index (χ0) is 19.9. The molecule has 8 heteroatoms. The number of anilines is 1. The molecule has 0 aliphatic rings. The molecular weight excluding hydrogens is 382 g/mol. The minimum absolute atomic E-state index is 0.0448. The van der Waals surface area contributed by atoms with E-state index in [1.54, 1.807) is 41.4 Å². The van der Waals surface area contributed by atoms with Crippen LogP contribution in [0, 0.1) is 10.1 Å². The molecule has 0 spiro atoms. The van der Waals surface area contributed by atoms with Gasteiger partial charge in [-0.1, -0.05) is 17.7 Å². The minimum atomic E-state index is -0.496. The Hall–Kier alpha value is -3.45. The van der Waals surface area contributed by atoms with Gasteiger partial charge in [-0.05, 0) is 48.5 Å². The van der Waals surface area contributed by atoms with E-state index in [0.29, 0.717) is 16.5 Å². The molecule has 0 saturated carbocycles. The molecule has 1 aromatic heterocycles. The maximum absolute atomic E-state index is 12.8. The summed E-state index contributed by atoms with van der Waals surface area (Å²) in [4.78, 5) is 28.8. The molecule has 0 bridgehead atoms. The van der Waals surface area contributed by atoms with Gasteiger partial charge in [0.05, 0.1) is 17.2 Å². The summed E-state index contributed by atoms with van der Waals surface area (Å²) in [6, 6.07) is 17.9. The standard InChI is InChI=1S/C20H16ClN3O4/c21-15-4-6-17(7-5-15)23(13-16-3-1-2-12-22-16)20(25)14-28-19-10-8-18(9-11-19)24(26)27/h1-12H,13-14H2. The summed E-state index contributed by atoms with van der Waals surface area (Å²) >= 11 is 5.94. The van der Waals surface area contributed by atoms with Gasteiger partial charge in [-0.25, -0.2) is 0 Å². The third-order valence-corrected chi connectivity index (χ3v) is 4.15. The predicted octanol–water partition coefficient (Wildman–Crippen LogP) is 4.26. The number of pyridine rings is 1. The largest absolute Gasteiger partial charge is 0.484 e. The SMILES string of the molecule is O=C(COc1ccc([N+](=O)[O-])cc1)N(Cc1ccccn1)c1ccc(Cl)cc1. The molecular formula is C20H16ClN3O4.